The molecule has 0 spiro atoms. The van der Waals surface area contributed by atoms with Crippen molar-refractivity contribution in [2.75, 3.05) is 25.1 Å². The van der Waals surface area contributed by atoms with Crippen LogP contribution in [0.4, 0.5) is 5.82 Å². The first-order valence-corrected chi connectivity index (χ1v) is 8.18. The summed E-state index contributed by atoms with van der Waals surface area (Å²) in [7, 11) is 1.62. The molecule has 24 heavy (non-hydrogen) atoms. The average molecular weight is 326 g/mol. The Balaban J connectivity index is 1.58. The van der Waals surface area contributed by atoms with E-state index in [0.717, 1.165) is 43.1 Å². The molecule has 0 saturated carbocycles. The van der Waals surface area contributed by atoms with Gasteiger partial charge in [-0.2, -0.15) is 0 Å². The van der Waals surface area contributed by atoms with Crippen molar-refractivity contribution < 1.29 is 9.53 Å². The third-order valence-corrected chi connectivity index (χ3v) is 4.20. The Kier molecular flexibility index (Phi) is 5.25. The highest BCUT2D eigenvalue weighted by molar-refractivity contribution is 5.79. The second-order valence-corrected chi connectivity index (χ2v) is 5.90. The SMILES string of the molecule is COc1ccccc1CC(=O)N[C@@H]1CCCN(c2cnccn2)C1. The molecule has 1 aromatic carbocycles. The van der Waals surface area contributed by atoms with E-state index in [2.05, 4.69) is 20.2 Å². The van der Waals surface area contributed by atoms with E-state index < -0.39 is 0 Å². The number of para-hydroxylation sites is 1. The van der Waals surface area contributed by atoms with Crippen LogP contribution in [0.3, 0.4) is 0 Å². The summed E-state index contributed by atoms with van der Waals surface area (Å²) in [5.41, 5.74) is 0.902. The van der Waals surface area contributed by atoms with Gasteiger partial charge in [0.15, 0.2) is 0 Å². The van der Waals surface area contributed by atoms with Crippen LogP contribution in [0.25, 0.3) is 0 Å². The molecule has 3 rings (SSSR count). The van der Waals surface area contributed by atoms with Crippen molar-refractivity contribution in [1.82, 2.24) is 15.3 Å². The van der Waals surface area contributed by atoms with E-state index >= 15 is 0 Å². The number of carbonyl (C=O) groups is 1. The van der Waals surface area contributed by atoms with Crippen molar-refractivity contribution in [1.29, 1.82) is 0 Å². The Morgan fingerprint density at radius 1 is 1.38 bits per heavy atom. The van der Waals surface area contributed by atoms with Gasteiger partial charge in [0.05, 0.1) is 19.7 Å². The van der Waals surface area contributed by atoms with Crippen LogP contribution in [0.5, 0.6) is 5.75 Å². The van der Waals surface area contributed by atoms with Crippen LogP contribution in [0.2, 0.25) is 0 Å². The molecular weight excluding hydrogens is 304 g/mol. The lowest BCUT2D eigenvalue weighted by Gasteiger charge is -2.33. The fraction of sp³-hybridized carbons (Fsp3) is 0.389. The van der Waals surface area contributed by atoms with Gasteiger partial charge < -0.3 is 15.0 Å². The molecule has 0 radical (unpaired) electrons. The highest BCUT2D eigenvalue weighted by Gasteiger charge is 2.22. The number of benzene rings is 1. The number of nitrogens with one attached hydrogen (secondary N) is 1. The van der Waals surface area contributed by atoms with Gasteiger partial charge in [-0.25, -0.2) is 4.98 Å². The number of anilines is 1. The van der Waals surface area contributed by atoms with Crippen LogP contribution in [-0.4, -0.2) is 42.1 Å². The van der Waals surface area contributed by atoms with Crippen molar-refractivity contribution in [3.05, 3.63) is 48.4 Å². The van der Waals surface area contributed by atoms with Gasteiger partial charge in [0.25, 0.3) is 0 Å². The first-order chi connectivity index (χ1) is 11.8. The molecule has 1 aromatic heterocycles. The van der Waals surface area contributed by atoms with Crippen LogP contribution in [0.1, 0.15) is 18.4 Å². The molecule has 6 heteroatoms. The summed E-state index contributed by atoms with van der Waals surface area (Å²) in [6, 6.07) is 7.74. The lowest BCUT2D eigenvalue weighted by Crippen LogP contribution is -2.48. The first kappa shape index (κ1) is 16.2. The van der Waals surface area contributed by atoms with Gasteiger partial charge in [0.1, 0.15) is 11.6 Å². The second kappa shape index (κ2) is 7.77. The van der Waals surface area contributed by atoms with Crippen LogP contribution < -0.4 is 15.0 Å². The van der Waals surface area contributed by atoms with Crippen LogP contribution in [-0.2, 0) is 11.2 Å². The lowest BCUT2D eigenvalue weighted by atomic mass is 10.0. The largest absolute Gasteiger partial charge is 0.496 e. The van der Waals surface area contributed by atoms with Crippen molar-refractivity contribution >= 4 is 11.7 Å². The number of methoxy groups -OCH3 is 1. The fourth-order valence-electron chi connectivity index (χ4n) is 3.06. The van der Waals surface area contributed by atoms with E-state index in [-0.39, 0.29) is 11.9 Å². The molecule has 1 atom stereocenters. The van der Waals surface area contributed by atoms with Crippen molar-refractivity contribution in [3.63, 3.8) is 0 Å². The summed E-state index contributed by atoms with van der Waals surface area (Å²) in [6.07, 6.45) is 7.45. The minimum absolute atomic E-state index is 0.0190. The maximum atomic E-state index is 12.4. The van der Waals surface area contributed by atoms with Gasteiger partial charge in [-0.1, -0.05) is 18.2 Å². The molecule has 1 fully saturated rings. The number of amides is 1. The molecule has 1 aliphatic rings. The van der Waals surface area contributed by atoms with Crippen molar-refractivity contribution in [2.45, 2.75) is 25.3 Å². The zero-order valence-electron chi connectivity index (χ0n) is 13.8. The quantitative estimate of drug-likeness (QED) is 0.908. The predicted molar refractivity (Wildman–Crippen MR) is 92.1 cm³/mol. The molecule has 6 nitrogen and oxygen atoms in total. The number of piperidine rings is 1. The fourth-order valence-corrected chi connectivity index (χ4v) is 3.06. The number of hydrogen-bond acceptors (Lipinski definition) is 5. The van der Waals surface area contributed by atoms with Gasteiger partial charge >= 0.3 is 0 Å². The molecule has 126 valence electrons. The highest BCUT2D eigenvalue weighted by atomic mass is 16.5. The first-order valence-electron chi connectivity index (χ1n) is 8.18. The van der Waals surface area contributed by atoms with Crippen LogP contribution in [0.15, 0.2) is 42.9 Å². The number of rotatable bonds is 5. The molecule has 1 saturated heterocycles. The monoisotopic (exact) mass is 326 g/mol. The minimum Gasteiger partial charge on any atom is -0.496 e. The van der Waals surface area contributed by atoms with Crippen molar-refractivity contribution in [3.8, 4) is 5.75 Å². The summed E-state index contributed by atoms with van der Waals surface area (Å²) in [5.74, 6) is 1.63. The number of nitrogens with zero attached hydrogens (tertiary/aromatic N) is 3. The maximum absolute atomic E-state index is 12.4. The highest BCUT2D eigenvalue weighted by Crippen LogP contribution is 2.19. The Morgan fingerprint density at radius 2 is 2.25 bits per heavy atom. The Morgan fingerprint density at radius 3 is 3.04 bits per heavy atom. The Hall–Kier alpha value is -2.63. The van der Waals surface area contributed by atoms with Gasteiger partial charge in [-0.05, 0) is 18.9 Å². The van der Waals surface area contributed by atoms with Crippen LogP contribution in [0, 0.1) is 0 Å². The Bertz CT molecular complexity index is 678. The summed E-state index contributed by atoms with van der Waals surface area (Å²) < 4.78 is 5.31. The molecular formula is C18H22N4O2. The third kappa shape index (κ3) is 4.01. The van der Waals surface area contributed by atoms with E-state index in [9.17, 15) is 4.79 Å². The normalized spacial score (nSPS) is 17.4. The Labute approximate surface area is 141 Å². The molecule has 1 aliphatic heterocycles. The van der Waals surface area contributed by atoms with Gasteiger partial charge in [-0.3, -0.25) is 9.78 Å². The maximum Gasteiger partial charge on any atom is 0.224 e. The second-order valence-electron chi connectivity index (χ2n) is 5.90. The minimum atomic E-state index is 0.0190. The molecule has 1 N–H and O–H groups in total. The van der Waals surface area contributed by atoms with Gasteiger partial charge in [0.2, 0.25) is 5.91 Å². The van der Waals surface area contributed by atoms with E-state index in [1.54, 1.807) is 25.7 Å². The lowest BCUT2D eigenvalue weighted by molar-refractivity contribution is -0.121. The van der Waals surface area contributed by atoms with E-state index in [1.807, 2.05) is 24.3 Å². The van der Waals surface area contributed by atoms with Crippen molar-refractivity contribution in [2.24, 2.45) is 0 Å². The third-order valence-electron chi connectivity index (χ3n) is 4.20. The van der Waals surface area contributed by atoms with Crippen LogP contribution >= 0.6 is 0 Å². The van der Waals surface area contributed by atoms with E-state index in [1.165, 1.54) is 0 Å². The molecule has 2 heterocycles. The number of ether oxygens (including phenoxy) is 1. The predicted octanol–water partition coefficient (Wildman–Crippen LogP) is 1.81. The molecule has 2 aromatic rings. The topological polar surface area (TPSA) is 67.3 Å². The molecule has 1 amide bonds. The number of aromatic nitrogens is 2. The zero-order chi connectivity index (χ0) is 16.8. The molecule has 0 bridgehead atoms. The van der Waals surface area contributed by atoms with Gasteiger partial charge in [-0.15, -0.1) is 0 Å². The number of carbonyl (C=O) groups excluding carboxylic acids is 1. The summed E-state index contributed by atoms with van der Waals surface area (Å²) in [6.45, 7) is 1.70. The average Bonchev–Trinajstić information content (AvgIpc) is 2.63. The zero-order valence-corrected chi connectivity index (χ0v) is 13.8. The summed E-state index contributed by atoms with van der Waals surface area (Å²) >= 11 is 0. The van der Waals surface area contributed by atoms with Gasteiger partial charge in [0, 0.05) is 37.1 Å². The standard InChI is InChI=1S/C18H22N4O2/c1-24-16-7-3-2-5-14(16)11-18(23)21-15-6-4-10-22(13-15)17-12-19-8-9-20-17/h2-3,5,7-9,12,15H,4,6,10-11,13H2,1H3,(H,21,23)/t15-/m1/s1. The summed E-state index contributed by atoms with van der Waals surface area (Å²) in [5, 5.41) is 3.13. The molecule has 0 aliphatic carbocycles. The van der Waals surface area contributed by atoms with E-state index in [0.29, 0.717) is 6.42 Å². The summed E-state index contributed by atoms with van der Waals surface area (Å²) in [4.78, 5) is 23.0. The number of hydrogen-bond donors (Lipinski definition) is 1. The smallest absolute Gasteiger partial charge is 0.224 e. The van der Waals surface area contributed by atoms with E-state index in [4.69, 9.17) is 4.74 Å². The molecule has 0 unspecified atom stereocenters.